The van der Waals surface area contributed by atoms with E-state index in [0.29, 0.717) is 17.6 Å². The van der Waals surface area contributed by atoms with Crippen LogP contribution in [0.1, 0.15) is 6.92 Å². The van der Waals surface area contributed by atoms with E-state index in [0.717, 1.165) is 18.2 Å². The fraction of sp³-hybridized carbons (Fsp3) is 0.0645. The van der Waals surface area contributed by atoms with E-state index in [-0.39, 0.29) is 39.0 Å². The zero-order chi connectivity index (χ0) is 37.6. The number of halogens is 1. The molecule has 0 unspecified atom stereocenters. The van der Waals surface area contributed by atoms with E-state index >= 15 is 0 Å². The predicted molar refractivity (Wildman–Crippen MR) is 190 cm³/mol. The number of azo groups is 1. The lowest BCUT2D eigenvalue weighted by Crippen LogP contribution is -2.19. The number of benzene rings is 5. The summed E-state index contributed by atoms with van der Waals surface area (Å²) in [6, 6.07) is 20.1. The molecule has 0 bridgehead atoms. The number of nitrogens with one attached hydrogen (secondary N) is 1. The molecular formula is C31H24ClN7O10S3. The minimum atomic E-state index is -5.26. The second kappa shape index (κ2) is 13.7. The highest BCUT2D eigenvalue weighted by molar-refractivity contribution is 7.86. The zero-order valence-electron chi connectivity index (χ0n) is 26.3. The minimum absolute atomic E-state index is 0.0488. The molecule has 1 heterocycles. The molecule has 268 valence electrons. The van der Waals surface area contributed by atoms with Gasteiger partial charge in [-0.15, -0.1) is 10.2 Å². The van der Waals surface area contributed by atoms with Crippen LogP contribution < -0.4 is 10.2 Å². The summed E-state index contributed by atoms with van der Waals surface area (Å²) in [5.74, 6) is -1.23. The van der Waals surface area contributed by atoms with Crippen molar-refractivity contribution in [2.75, 3.05) is 16.8 Å². The molecule has 5 aromatic carbocycles. The van der Waals surface area contributed by atoms with E-state index < -0.39 is 62.2 Å². The number of aromatic nitrogens is 3. The predicted octanol–water partition coefficient (Wildman–Crippen LogP) is 6.59. The van der Waals surface area contributed by atoms with E-state index in [1.165, 1.54) is 24.3 Å². The number of fused-ring (bicyclic) bond motifs is 2. The maximum Gasteiger partial charge on any atom is 0.297 e. The van der Waals surface area contributed by atoms with Crippen LogP contribution in [0.5, 0.6) is 5.75 Å². The number of hydrogen-bond donors (Lipinski definition) is 5. The molecule has 0 radical (unpaired) electrons. The maximum atomic E-state index is 12.6. The van der Waals surface area contributed by atoms with Crippen LogP contribution in [0.3, 0.4) is 0 Å². The van der Waals surface area contributed by atoms with Crippen LogP contribution in [0.2, 0.25) is 5.28 Å². The number of phenolic OH excluding ortho intramolecular Hbond substituents is 1. The van der Waals surface area contributed by atoms with Crippen LogP contribution in [0.25, 0.3) is 21.5 Å². The van der Waals surface area contributed by atoms with Crippen molar-refractivity contribution in [1.29, 1.82) is 0 Å². The third-order valence-electron chi connectivity index (χ3n) is 7.54. The smallest absolute Gasteiger partial charge is 0.297 e. The number of hydrogen-bond acceptors (Lipinski definition) is 14. The number of para-hydroxylation sites is 1. The third-order valence-corrected chi connectivity index (χ3v) is 10.4. The van der Waals surface area contributed by atoms with Crippen LogP contribution in [0, 0.1) is 0 Å². The molecule has 0 aliphatic rings. The van der Waals surface area contributed by atoms with Gasteiger partial charge in [-0.25, -0.2) is 0 Å². The van der Waals surface area contributed by atoms with E-state index in [4.69, 9.17) is 11.6 Å². The first-order valence-electron chi connectivity index (χ1n) is 14.7. The second-order valence-corrected chi connectivity index (χ2v) is 15.3. The van der Waals surface area contributed by atoms with Crippen LogP contribution >= 0.6 is 11.6 Å². The monoisotopic (exact) mass is 785 g/mol. The first kappa shape index (κ1) is 36.4. The Balaban J connectivity index is 1.58. The fourth-order valence-corrected chi connectivity index (χ4v) is 7.56. The minimum Gasteiger partial charge on any atom is -0.505 e. The molecule has 0 aliphatic heterocycles. The van der Waals surface area contributed by atoms with Gasteiger partial charge in [0.15, 0.2) is 5.75 Å². The van der Waals surface area contributed by atoms with Gasteiger partial charge in [0.2, 0.25) is 17.2 Å². The van der Waals surface area contributed by atoms with Crippen LogP contribution in [0.4, 0.5) is 34.6 Å². The molecule has 6 rings (SSSR count). The quantitative estimate of drug-likeness (QED) is 0.0724. The zero-order valence-corrected chi connectivity index (χ0v) is 29.5. The first-order chi connectivity index (χ1) is 24.5. The van der Waals surface area contributed by atoms with Gasteiger partial charge in [-0.3, -0.25) is 13.7 Å². The topological polar surface area (TPSA) is 262 Å². The van der Waals surface area contributed by atoms with Gasteiger partial charge >= 0.3 is 0 Å². The number of nitrogens with zero attached hydrogens (tertiary/aromatic N) is 6. The summed E-state index contributed by atoms with van der Waals surface area (Å²) in [5.41, 5.74) is -1.02. The molecule has 0 atom stereocenters. The fourth-order valence-electron chi connectivity index (χ4n) is 5.37. The lowest BCUT2D eigenvalue weighted by Gasteiger charge is -2.21. The van der Waals surface area contributed by atoms with E-state index in [1.807, 2.05) is 6.92 Å². The SMILES string of the molecule is CCN(c1ccccc1)c1nc(Cl)nc(Nc2cc(S(=O)(=O)O)cc3cc(S(=O)(=O)O)c(/N=N/c4ccc5ccccc5c4S(=O)(=O)O)c(O)c23)n1. The third kappa shape index (κ3) is 7.34. The highest BCUT2D eigenvalue weighted by atomic mass is 35.5. The molecule has 0 saturated carbocycles. The van der Waals surface area contributed by atoms with Crippen molar-refractivity contribution in [2.24, 2.45) is 10.2 Å². The average Bonchev–Trinajstić information content (AvgIpc) is 3.06. The van der Waals surface area contributed by atoms with Crippen molar-refractivity contribution >= 4 is 98.1 Å². The summed E-state index contributed by atoms with van der Waals surface area (Å²) >= 11 is 6.24. The summed E-state index contributed by atoms with van der Waals surface area (Å²) < 4.78 is 105. The van der Waals surface area contributed by atoms with Crippen molar-refractivity contribution in [1.82, 2.24) is 15.0 Å². The molecule has 52 heavy (non-hydrogen) atoms. The Kier molecular flexibility index (Phi) is 9.57. The lowest BCUT2D eigenvalue weighted by atomic mass is 10.1. The van der Waals surface area contributed by atoms with Gasteiger partial charge in [0, 0.05) is 23.0 Å². The Morgan fingerprint density at radius 3 is 2.12 bits per heavy atom. The van der Waals surface area contributed by atoms with Crippen molar-refractivity contribution < 1.29 is 44.0 Å². The van der Waals surface area contributed by atoms with Gasteiger partial charge in [-0.1, -0.05) is 48.5 Å². The van der Waals surface area contributed by atoms with E-state index in [2.05, 4.69) is 30.5 Å². The Labute approximate surface area is 300 Å². The molecule has 1 aromatic heterocycles. The molecule has 0 spiro atoms. The van der Waals surface area contributed by atoms with Crippen LogP contribution in [-0.4, -0.2) is 65.5 Å². The van der Waals surface area contributed by atoms with Crippen LogP contribution in [0.15, 0.2) is 110 Å². The Morgan fingerprint density at radius 1 is 0.769 bits per heavy atom. The molecule has 0 amide bonds. The molecule has 6 aromatic rings. The van der Waals surface area contributed by atoms with Gasteiger partial charge in [0.05, 0.1) is 10.6 Å². The maximum absolute atomic E-state index is 12.6. The molecule has 5 N–H and O–H groups in total. The number of rotatable bonds is 10. The van der Waals surface area contributed by atoms with Crippen molar-refractivity contribution in [3.05, 3.63) is 90.2 Å². The normalized spacial score (nSPS) is 12.5. The van der Waals surface area contributed by atoms with Gasteiger partial charge < -0.3 is 15.3 Å². The molecule has 21 heteroatoms. The van der Waals surface area contributed by atoms with E-state index in [9.17, 15) is 44.0 Å². The molecule has 17 nitrogen and oxygen atoms in total. The molecular weight excluding hydrogens is 762 g/mol. The molecule has 0 fully saturated rings. The highest BCUT2D eigenvalue weighted by Crippen LogP contribution is 2.46. The number of phenols is 1. The summed E-state index contributed by atoms with van der Waals surface area (Å²) in [4.78, 5) is 11.7. The molecule has 0 saturated heterocycles. The Hall–Kier alpha value is -5.35. The first-order valence-corrected chi connectivity index (χ1v) is 19.4. The van der Waals surface area contributed by atoms with Gasteiger partial charge in [-0.05, 0) is 65.7 Å². The van der Waals surface area contributed by atoms with Crippen molar-refractivity contribution in [3.8, 4) is 5.75 Å². The van der Waals surface area contributed by atoms with Gasteiger partial charge in [0.1, 0.15) is 21.2 Å². The lowest BCUT2D eigenvalue weighted by molar-refractivity contribution is 0.472. The summed E-state index contributed by atoms with van der Waals surface area (Å²) in [7, 11) is -15.2. The van der Waals surface area contributed by atoms with Gasteiger partial charge in [0.25, 0.3) is 30.4 Å². The summed E-state index contributed by atoms with van der Waals surface area (Å²) in [5, 5.41) is 21.4. The number of aromatic hydroxyl groups is 1. The van der Waals surface area contributed by atoms with Crippen LogP contribution in [-0.2, 0) is 30.4 Å². The summed E-state index contributed by atoms with van der Waals surface area (Å²) in [6.45, 7) is 2.19. The second-order valence-electron chi connectivity index (χ2n) is 10.8. The van der Waals surface area contributed by atoms with Crippen molar-refractivity contribution in [2.45, 2.75) is 21.6 Å². The largest absolute Gasteiger partial charge is 0.505 e. The Morgan fingerprint density at radius 2 is 1.46 bits per heavy atom. The Bertz CT molecular complexity index is 2770. The van der Waals surface area contributed by atoms with Gasteiger partial charge in [-0.2, -0.15) is 40.2 Å². The highest BCUT2D eigenvalue weighted by Gasteiger charge is 2.27. The average molecular weight is 786 g/mol. The molecule has 0 aliphatic carbocycles. The van der Waals surface area contributed by atoms with E-state index in [1.54, 1.807) is 47.4 Å². The standard InChI is InChI=1S/C31H24ClN7O10S3/c1-2-39(19-9-4-3-5-10-19)31-35-29(32)34-30(36-31)33-23-16-20(50(41,42)43)14-18-15-24(51(44,45)46)26(27(40)25(18)23)38-37-22-13-12-17-8-6-7-11-21(17)28(22)52(47,48)49/h3-16,40H,2H2,1H3,(H,41,42,43)(H,44,45,46)(H,47,48,49)(H,33,34,35,36)/b38-37+. The number of anilines is 4. The summed E-state index contributed by atoms with van der Waals surface area (Å²) in [6.07, 6.45) is 0. The van der Waals surface area contributed by atoms with Crippen molar-refractivity contribution in [3.63, 3.8) is 0 Å².